The van der Waals surface area contributed by atoms with Crippen LogP contribution in [0, 0.1) is 0 Å². The maximum Gasteiger partial charge on any atom is 0.145 e. The molecule has 0 bridgehead atoms. The van der Waals surface area contributed by atoms with Gasteiger partial charge in [0.1, 0.15) is 22.4 Å². The Morgan fingerprint density at radius 2 is 1.94 bits per heavy atom. The number of nitrogen functional groups attached to an aromatic ring is 1. The van der Waals surface area contributed by atoms with E-state index in [0.717, 1.165) is 29.7 Å². The van der Waals surface area contributed by atoms with Crippen LogP contribution in [-0.4, -0.2) is 16.5 Å². The molecular formula is C13H15BrN4. The Kier molecular flexibility index (Phi) is 4.52. The molecular weight excluding hydrogens is 292 g/mol. The van der Waals surface area contributed by atoms with Crippen molar-refractivity contribution in [2.45, 2.75) is 12.8 Å². The molecule has 0 aliphatic rings. The monoisotopic (exact) mass is 306 g/mol. The molecule has 4 nitrogen and oxygen atoms in total. The minimum Gasteiger partial charge on any atom is -0.383 e. The van der Waals surface area contributed by atoms with Crippen molar-refractivity contribution in [2.75, 3.05) is 17.6 Å². The molecule has 0 unspecified atom stereocenters. The van der Waals surface area contributed by atoms with Gasteiger partial charge >= 0.3 is 0 Å². The highest BCUT2D eigenvalue weighted by atomic mass is 79.9. The quantitative estimate of drug-likeness (QED) is 0.834. The Bertz CT molecular complexity index is 502. The SMILES string of the molecule is Nc1ncnc(NCCCc2ccccc2)c1Br. The fourth-order valence-corrected chi connectivity index (χ4v) is 2.00. The number of hydrogen-bond donors (Lipinski definition) is 2. The standard InChI is InChI=1S/C13H15BrN4/c14-11-12(15)17-9-18-13(11)16-8-4-7-10-5-2-1-3-6-10/h1-3,5-6,9H,4,7-8H2,(H3,15,16,17,18). The number of aryl methyl sites for hydroxylation is 1. The first-order valence-electron chi connectivity index (χ1n) is 5.81. The van der Waals surface area contributed by atoms with E-state index >= 15 is 0 Å². The van der Waals surface area contributed by atoms with Crippen LogP contribution in [0.1, 0.15) is 12.0 Å². The zero-order chi connectivity index (χ0) is 12.8. The van der Waals surface area contributed by atoms with Crippen LogP contribution in [0.25, 0.3) is 0 Å². The number of benzene rings is 1. The Balaban J connectivity index is 1.81. The van der Waals surface area contributed by atoms with E-state index in [1.807, 2.05) is 6.07 Å². The molecule has 0 saturated heterocycles. The van der Waals surface area contributed by atoms with Crippen LogP contribution >= 0.6 is 15.9 Å². The number of nitrogens with zero attached hydrogens (tertiary/aromatic N) is 2. The molecule has 2 aromatic rings. The fraction of sp³-hybridized carbons (Fsp3) is 0.231. The molecule has 0 spiro atoms. The molecule has 18 heavy (non-hydrogen) atoms. The van der Waals surface area contributed by atoms with E-state index in [0.29, 0.717) is 5.82 Å². The van der Waals surface area contributed by atoms with Gasteiger partial charge in [-0.3, -0.25) is 0 Å². The second kappa shape index (κ2) is 6.35. The van der Waals surface area contributed by atoms with Gasteiger partial charge in [-0.1, -0.05) is 30.3 Å². The fourth-order valence-electron chi connectivity index (χ4n) is 1.65. The first kappa shape index (κ1) is 12.8. The Morgan fingerprint density at radius 3 is 2.72 bits per heavy atom. The van der Waals surface area contributed by atoms with Gasteiger partial charge in [0.2, 0.25) is 0 Å². The Hall–Kier alpha value is -1.62. The summed E-state index contributed by atoms with van der Waals surface area (Å²) in [6.45, 7) is 0.851. The number of hydrogen-bond acceptors (Lipinski definition) is 4. The summed E-state index contributed by atoms with van der Waals surface area (Å²) in [5, 5.41) is 3.25. The summed E-state index contributed by atoms with van der Waals surface area (Å²) < 4.78 is 0.727. The maximum atomic E-state index is 5.68. The highest BCUT2D eigenvalue weighted by Gasteiger charge is 2.04. The molecule has 94 valence electrons. The van der Waals surface area contributed by atoms with Gasteiger partial charge in [-0.25, -0.2) is 9.97 Å². The van der Waals surface area contributed by atoms with Crippen LogP contribution in [0.3, 0.4) is 0 Å². The van der Waals surface area contributed by atoms with Gasteiger partial charge in [0.15, 0.2) is 0 Å². The highest BCUT2D eigenvalue weighted by molar-refractivity contribution is 9.10. The zero-order valence-electron chi connectivity index (χ0n) is 9.94. The lowest BCUT2D eigenvalue weighted by Crippen LogP contribution is -2.07. The molecule has 0 aliphatic heterocycles. The van der Waals surface area contributed by atoms with Crippen molar-refractivity contribution in [2.24, 2.45) is 0 Å². The van der Waals surface area contributed by atoms with Crippen LogP contribution in [0.4, 0.5) is 11.6 Å². The first-order chi connectivity index (χ1) is 8.77. The van der Waals surface area contributed by atoms with E-state index in [4.69, 9.17) is 5.73 Å². The van der Waals surface area contributed by atoms with Gasteiger partial charge in [0.25, 0.3) is 0 Å². The summed E-state index contributed by atoms with van der Waals surface area (Å²) in [4.78, 5) is 8.03. The number of nitrogens with two attached hydrogens (primary N) is 1. The number of halogens is 1. The number of nitrogens with one attached hydrogen (secondary N) is 1. The molecule has 5 heteroatoms. The normalized spacial score (nSPS) is 10.3. The molecule has 2 rings (SSSR count). The van der Waals surface area contributed by atoms with E-state index in [-0.39, 0.29) is 0 Å². The largest absolute Gasteiger partial charge is 0.383 e. The Labute approximate surface area is 115 Å². The van der Waals surface area contributed by atoms with E-state index < -0.39 is 0 Å². The third kappa shape index (κ3) is 3.43. The molecule has 0 amide bonds. The smallest absolute Gasteiger partial charge is 0.145 e. The van der Waals surface area contributed by atoms with E-state index in [9.17, 15) is 0 Å². The van der Waals surface area contributed by atoms with E-state index in [2.05, 4.69) is 55.5 Å². The number of rotatable bonds is 5. The van der Waals surface area contributed by atoms with Gasteiger partial charge in [-0.2, -0.15) is 0 Å². The van der Waals surface area contributed by atoms with Crippen LogP contribution in [-0.2, 0) is 6.42 Å². The zero-order valence-corrected chi connectivity index (χ0v) is 11.5. The lowest BCUT2D eigenvalue weighted by Gasteiger charge is -2.08. The average Bonchev–Trinajstić information content (AvgIpc) is 2.40. The molecule has 0 saturated carbocycles. The molecule has 0 fully saturated rings. The summed E-state index contributed by atoms with van der Waals surface area (Å²) in [5.41, 5.74) is 7.03. The minimum atomic E-state index is 0.454. The molecule has 0 aliphatic carbocycles. The van der Waals surface area contributed by atoms with Crippen molar-refractivity contribution >= 4 is 27.6 Å². The lowest BCUT2D eigenvalue weighted by atomic mass is 10.1. The highest BCUT2D eigenvalue weighted by Crippen LogP contribution is 2.23. The summed E-state index contributed by atoms with van der Waals surface area (Å²) in [6.07, 6.45) is 3.55. The van der Waals surface area contributed by atoms with Gasteiger partial charge < -0.3 is 11.1 Å². The maximum absolute atomic E-state index is 5.68. The second-order valence-electron chi connectivity index (χ2n) is 3.94. The van der Waals surface area contributed by atoms with Gasteiger partial charge in [0.05, 0.1) is 0 Å². The third-order valence-corrected chi connectivity index (χ3v) is 3.38. The minimum absolute atomic E-state index is 0.454. The van der Waals surface area contributed by atoms with Gasteiger partial charge in [0, 0.05) is 6.54 Å². The average molecular weight is 307 g/mol. The molecule has 1 heterocycles. The van der Waals surface area contributed by atoms with Crippen molar-refractivity contribution < 1.29 is 0 Å². The molecule has 1 aromatic carbocycles. The van der Waals surface area contributed by atoms with E-state index in [1.165, 1.54) is 11.9 Å². The van der Waals surface area contributed by atoms with Crippen molar-refractivity contribution in [3.05, 3.63) is 46.7 Å². The van der Waals surface area contributed by atoms with Crippen molar-refractivity contribution in [3.8, 4) is 0 Å². The van der Waals surface area contributed by atoms with Crippen LogP contribution < -0.4 is 11.1 Å². The summed E-state index contributed by atoms with van der Waals surface area (Å²) >= 11 is 3.36. The number of anilines is 2. The summed E-state index contributed by atoms with van der Waals surface area (Å²) in [6, 6.07) is 10.4. The summed E-state index contributed by atoms with van der Waals surface area (Å²) in [5.74, 6) is 1.20. The molecule has 0 atom stereocenters. The summed E-state index contributed by atoms with van der Waals surface area (Å²) in [7, 11) is 0. The van der Waals surface area contributed by atoms with Gasteiger partial charge in [-0.15, -0.1) is 0 Å². The van der Waals surface area contributed by atoms with Crippen LogP contribution in [0.2, 0.25) is 0 Å². The van der Waals surface area contributed by atoms with Crippen LogP contribution in [0.5, 0.6) is 0 Å². The second-order valence-corrected chi connectivity index (χ2v) is 4.73. The van der Waals surface area contributed by atoms with Crippen LogP contribution in [0.15, 0.2) is 41.1 Å². The third-order valence-electron chi connectivity index (χ3n) is 2.59. The van der Waals surface area contributed by atoms with Gasteiger partial charge in [-0.05, 0) is 34.3 Å². The van der Waals surface area contributed by atoms with Crippen molar-refractivity contribution in [3.63, 3.8) is 0 Å². The van der Waals surface area contributed by atoms with E-state index in [1.54, 1.807) is 0 Å². The van der Waals surface area contributed by atoms with Crippen molar-refractivity contribution in [1.29, 1.82) is 0 Å². The molecule has 0 radical (unpaired) electrons. The first-order valence-corrected chi connectivity index (χ1v) is 6.60. The topological polar surface area (TPSA) is 63.8 Å². The predicted octanol–water partition coefficient (Wildman–Crippen LogP) is 2.87. The molecule has 1 aromatic heterocycles. The molecule has 3 N–H and O–H groups in total. The Morgan fingerprint density at radius 1 is 1.17 bits per heavy atom. The number of aromatic nitrogens is 2. The lowest BCUT2D eigenvalue weighted by molar-refractivity contribution is 0.857. The van der Waals surface area contributed by atoms with Crippen molar-refractivity contribution in [1.82, 2.24) is 9.97 Å². The predicted molar refractivity (Wildman–Crippen MR) is 77.4 cm³/mol.